The molecule has 0 spiro atoms. The molecule has 0 aliphatic carbocycles. The van der Waals surface area contributed by atoms with Gasteiger partial charge in [0.05, 0.1) is 106 Å². The van der Waals surface area contributed by atoms with Gasteiger partial charge in [0.25, 0.3) is 0 Å². The van der Waals surface area contributed by atoms with Crippen LogP contribution in [0.1, 0.15) is 70.2 Å². The van der Waals surface area contributed by atoms with Crippen molar-refractivity contribution >= 4 is 147 Å². The average Bonchev–Trinajstić information content (AvgIpc) is 1.69. The zero-order valence-corrected chi connectivity index (χ0v) is 69.5. The topological polar surface area (TPSA) is 206 Å². The van der Waals surface area contributed by atoms with Gasteiger partial charge in [-0.1, -0.05) is 187 Å². The van der Waals surface area contributed by atoms with Gasteiger partial charge < -0.3 is 19.3 Å². The Morgan fingerprint density at radius 3 is 0.945 bits per heavy atom. The molecule has 577 valence electrons. The largest absolute Gasteiger partial charge is 0.377 e. The molecule has 4 saturated heterocycles. The van der Waals surface area contributed by atoms with E-state index in [2.05, 4.69) is 128 Å². The van der Waals surface area contributed by atoms with Crippen LogP contribution in [0, 0.1) is 7.40 Å². The summed E-state index contributed by atoms with van der Waals surface area (Å²) in [6.07, 6.45) is 10.7. The van der Waals surface area contributed by atoms with Crippen LogP contribution in [-0.2, 0) is 55.8 Å². The minimum absolute atomic E-state index is 0. The maximum Gasteiger partial charge on any atom is 0.183 e. The van der Waals surface area contributed by atoms with E-state index in [1.807, 2.05) is 140 Å². The summed E-state index contributed by atoms with van der Waals surface area (Å²) in [7, 11) is 0. The van der Waals surface area contributed by atoms with E-state index < -0.39 is 12.3 Å². The normalized spacial score (nSPS) is 17.7. The van der Waals surface area contributed by atoms with Gasteiger partial charge >= 0.3 is 0 Å². The molecule has 2 atom stereocenters. The second-order valence-corrected chi connectivity index (χ2v) is 31.0. The number of aromatic nitrogens is 16. The number of benzene rings is 4. The second kappa shape index (κ2) is 38.5. The first kappa shape index (κ1) is 81.5. The summed E-state index contributed by atoms with van der Waals surface area (Å²) in [5, 5.41) is 60.3. The van der Waals surface area contributed by atoms with E-state index in [1.165, 1.54) is 57.4 Å². The van der Waals surface area contributed by atoms with Gasteiger partial charge in [-0.05, 0) is 134 Å². The number of hydrogen-bond acceptors (Lipinski definition) is 18. The molecule has 14 heterocycles. The Balaban J connectivity index is 0.000000129. The summed E-state index contributed by atoms with van der Waals surface area (Å²) in [5.41, 5.74) is 13.4. The van der Waals surface area contributed by atoms with Crippen molar-refractivity contribution in [2.24, 2.45) is 0 Å². The minimum Gasteiger partial charge on any atom is -0.377 e. The number of nitrogens with zero attached hydrogens (tertiary/aromatic N) is 20. The van der Waals surface area contributed by atoms with E-state index in [4.69, 9.17) is 66.1 Å². The van der Waals surface area contributed by atoms with Crippen LogP contribution in [0.25, 0.3) is 100 Å². The molecule has 31 heteroatoms. The first-order valence-corrected chi connectivity index (χ1v) is 40.5. The number of fused-ring (bicyclic) bond motifs is 4. The van der Waals surface area contributed by atoms with Gasteiger partial charge in [-0.25, -0.2) is 27.5 Å². The summed E-state index contributed by atoms with van der Waals surface area (Å²) in [6, 6.07) is 39.4. The average molecular weight is 1970 g/mol. The zero-order chi connectivity index (χ0) is 74.0. The van der Waals surface area contributed by atoms with Gasteiger partial charge in [0.2, 0.25) is 0 Å². The predicted molar refractivity (Wildman–Crippen MR) is 445 cm³/mol. The van der Waals surface area contributed by atoms with Gasteiger partial charge in [-0.2, -0.15) is 20.4 Å². The predicted octanol–water partition coefficient (Wildman–Crippen LogP) is 16.3. The molecule has 1 radical (unpaired) electrons. The molecule has 18 rings (SSSR count). The molecule has 0 N–H and O–H groups in total. The van der Waals surface area contributed by atoms with Gasteiger partial charge in [-0.15, -0.1) is 40.8 Å². The van der Waals surface area contributed by atoms with Gasteiger partial charge in [-0.3, -0.25) is 9.80 Å². The fraction of sp³-hybridized carbons (Fsp3) is 0.392. The number of ether oxygens (including phenoxy) is 2. The molecule has 0 saturated carbocycles. The monoisotopic (exact) mass is 1970 g/mol. The Labute approximate surface area is 698 Å². The van der Waals surface area contributed by atoms with Crippen LogP contribution in [-0.4, -0.2) is 217 Å². The molecule has 8 aromatic heterocycles. The van der Waals surface area contributed by atoms with Crippen molar-refractivity contribution in [3.63, 3.8) is 0 Å². The van der Waals surface area contributed by atoms with Crippen LogP contribution in [0.5, 0.6) is 0 Å². The maximum absolute atomic E-state index is 13.5. The van der Waals surface area contributed by atoms with Crippen molar-refractivity contribution in [3.8, 4) is 45.0 Å². The minimum atomic E-state index is -0.731. The third-order valence-electron chi connectivity index (χ3n) is 20.4. The van der Waals surface area contributed by atoms with Crippen molar-refractivity contribution in [2.45, 2.75) is 97.3 Å². The molecule has 12 aromatic rings. The van der Waals surface area contributed by atoms with Crippen molar-refractivity contribution in [2.75, 3.05) is 105 Å². The van der Waals surface area contributed by atoms with E-state index in [-0.39, 0.29) is 27.5 Å². The molecular weight excluding hydrogens is 1890 g/mol. The van der Waals surface area contributed by atoms with Crippen molar-refractivity contribution in [1.82, 2.24) is 99.5 Å². The summed E-state index contributed by atoms with van der Waals surface area (Å²) < 4.78 is 47.1. The fourth-order valence-electron chi connectivity index (χ4n) is 14.6. The molecule has 6 aliphatic heterocycles. The van der Waals surface area contributed by atoms with Crippen molar-refractivity contribution in [3.05, 3.63) is 172 Å². The van der Waals surface area contributed by atoms with Gasteiger partial charge in [0, 0.05) is 94.7 Å². The zero-order valence-electron chi connectivity index (χ0n) is 59.8. The molecule has 0 amide bonds. The van der Waals surface area contributed by atoms with Crippen LogP contribution < -0.4 is 0 Å². The molecule has 6 aliphatic rings. The standard InChI is InChI=1S/C22H23ClFN5O.C22H24ClN5O.C17H16ClFIN5.C17H17ClIN5.CH4.Ir/c23-19-18-20(16-7-12-30-13-8-16)27-29(11-10-28-9-6-17(24)14-28)22(18)26-25-21(19)15-4-2-1-3-5-15;23-19-18-20(17-8-14-29-15-9-17)26-28(13-12-27-10-4-5-11-27)22(18)25-24-21(19)16-6-2-1-3-7-16;18-14-13-16(20)23-25(9-8-24-7-6-12(19)10-24)17(13)22-21-15(14)11-4-2-1-3-5-11;18-14-13-16(19)22-24(11-10-23-8-4-5-9-23)17(13)21-20-15(14)12-6-2-1-3-7-12;;/h1-5,7,17H,6,8-14H2;1-3,6-8H,4-5,9-15H2;1-5,12H,6-10H2;1-3,6-7H,4-5,8-11H2;1H4;/t17-;;12-;;;/m1.1.../s1. The van der Waals surface area contributed by atoms with E-state index in [0.717, 1.165) is 145 Å². The first-order chi connectivity index (χ1) is 52.9. The Hall–Kier alpha value is -6.55. The van der Waals surface area contributed by atoms with Crippen LogP contribution in [0.4, 0.5) is 8.78 Å². The number of halogens is 8. The van der Waals surface area contributed by atoms with Crippen LogP contribution in [0.15, 0.2) is 133 Å². The Morgan fingerprint density at radius 1 is 0.364 bits per heavy atom. The summed E-state index contributed by atoms with van der Waals surface area (Å²) in [6.45, 7) is 16.1. The molecule has 110 heavy (non-hydrogen) atoms. The molecular formula is C79H84Cl4F2I2IrN20O2. The number of alkyl halides is 2. The van der Waals surface area contributed by atoms with E-state index >= 15 is 0 Å². The summed E-state index contributed by atoms with van der Waals surface area (Å²) in [4.78, 5) is 9.18. The first-order valence-electron chi connectivity index (χ1n) is 36.8. The number of hydrogen-bond donors (Lipinski definition) is 0. The molecule has 0 unspecified atom stereocenters. The Morgan fingerprint density at radius 2 is 0.655 bits per heavy atom. The Kier molecular flexibility index (Phi) is 28.5. The third-order valence-corrected chi connectivity index (χ3v) is 23.4. The maximum atomic E-state index is 13.5. The fourth-order valence-corrected chi connectivity index (χ4v) is 17.7. The molecule has 4 aromatic carbocycles. The van der Waals surface area contributed by atoms with E-state index in [0.29, 0.717) is 120 Å². The van der Waals surface area contributed by atoms with Crippen molar-refractivity contribution < 1.29 is 38.4 Å². The van der Waals surface area contributed by atoms with Crippen LogP contribution in [0.3, 0.4) is 0 Å². The quantitative estimate of drug-likeness (QED) is 0.0732. The van der Waals surface area contributed by atoms with Gasteiger partial charge in [0.1, 0.15) is 42.5 Å². The number of rotatable bonds is 18. The van der Waals surface area contributed by atoms with Crippen LogP contribution in [0.2, 0.25) is 20.1 Å². The van der Waals surface area contributed by atoms with Gasteiger partial charge in [0.15, 0.2) is 22.6 Å². The van der Waals surface area contributed by atoms with Crippen molar-refractivity contribution in [1.29, 1.82) is 0 Å². The summed E-state index contributed by atoms with van der Waals surface area (Å²) >= 11 is 31.5. The van der Waals surface area contributed by atoms with E-state index in [9.17, 15) is 8.78 Å². The van der Waals surface area contributed by atoms with Crippen LogP contribution >= 0.6 is 91.6 Å². The SMILES string of the molecule is C.Clc1c(-c2ccccc2)nnc2c1c(C1=CCOCC1)nn2CCN1CCCC1.Clc1c(-c2ccccc2)nnc2c1c(I)nn2CCN1CCCC1.F[C@@H]1CCN(CCn2nc(C3=CCOCC3)c3c(Cl)c(-c4ccccc4)nnc32)C1.F[C@@H]1CCN(CCn2nc(I)c3c(Cl)c(-c4ccccc4)nnc32)C1.[Ir]. The molecule has 4 fully saturated rings. The smallest absolute Gasteiger partial charge is 0.183 e. The molecule has 0 bridgehead atoms. The molecule has 22 nitrogen and oxygen atoms in total. The summed E-state index contributed by atoms with van der Waals surface area (Å²) in [5.74, 6) is 0. The Bertz CT molecular complexity index is 5170. The van der Waals surface area contributed by atoms with E-state index in [1.54, 1.807) is 0 Å². The second-order valence-electron chi connectivity index (χ2n) is 27.5. The third kappa shape index (κ3) is 18.8. The number of likely N-dealkylation sites (tertiary alicyclic amines) is 4.